The van der Waals surface area contributed by atoms with Crippen LogP contribution in [0.25, 0.3) is 11.0 Å². The predicted molar refractivity (Wildman–Crippen MR) is 161 cm³/mol. The average molecular weight is 708 g/mol. The van der Waals surface area contributed by atoms with Gasteiger partial charge in [0, 0.05) is 25.0 Å². The summed E-state index contributed by atoms with van der Waals surface area (Å²) >= 11 is 8.88. The molecule has 0 spiro atoms. The van der Waals surface area contributed by atoms with Gasteiger partial charge in [0.05, 0.1) is 18.6 Å². The molecule has 0 radical (unpaired) electrons. The fourth-order valence-corrected chi connectivity index (χ4v) is 7.88. The van der Waals surface area contributed by atoms with Crippen molar-refractivity contribution in [3.63, 3.8) is 0 Å². The first-order valence-electron chi connectivity index (χ1n) is 13.6. The molecule has 3 aromatic rings. The quantitative estimate of drug-likeness (QED) is 0.103. The number of aromatic nitrogens is 5. The molecular formula is C23H29N6O12P2S2+. The summed E-state index contributed by atoms with van der Waals surface area (Å²) in [5.74, 6) is 0.655. The van der Waals surface area contributed by atoms with Crippen LogP contribution in [0, 0.1) is 0 Å². The highest BCUT2D eigenvalue weighted by molar-refractivity contribution is 8.39. The van der Waals surface area contributed by atoms with Crippen molar-refractivity contribution in [1.82, 2.24) is 24.1 Å². The van der Waals surface area contributed by atoms with Crippen LogP contribution in [0.4, 0.5) is 5.82 Å². The van der Waals surface area contributed by atoms with Crippen molar-refractivity contribution in [2.24, 2.45) is 0 Å². The number of aliphatic hydroxyl groups is 3. The Morgan fingerprint density at radius 2 is 1.93 bits per heavy atom. The molecule has 10 atom stereocenters. The normalized spacial score (nSPS) is 31.4. The average Bonchev–Trinajstić information content (AvgIpc) is 3.54. The first kappa shape index (κ1) is 32.8. The molecule has 6 heterocycles. The Morgan fingerprint density at radius 1 is 1.16 bits per heavy atom. The Bertz CT molecular complexity index is 1760. The van der Waals surface area contributed by atoms with Gasteiger partial charge in [-0.05, 0) is 34.8 Å². The van der Waals surface area contributed by atoms with E-state index in [-0.39, 0.29) is 0 Å². The number of ether oxygens (including phenoxy) is 2. The van der Waals surface area contributed by atoms with Crippen molar-refractivity contribution in [1.29, 1.82) is 0 Å². The lowest BCUT2D eigenvalue weighted by atomic mass is 10.1. The number of anilines is 1. The number of hydrogen-bond donors (Lipinski definition) is 7. The number of H-pyrrole nitrogens is 1. The number of rotatable bonds is 10. The van der Waals surface area contributed by atoms with E-state index in [1.165, 1.54) is 6.33 Å². The van der Waals surface area contributed by atoms with Gasteiger partial charge in [0.25, 0.3) is 5.56 Å². The molecule has 0 saturated carbocycles. The summed E-state index contributed by atoms with van der Waals surface area (Å²) in [7, 11) is -2.57. The van der Waals surface area contributed by atoms with E-state index in [0.29, 0.717) is 11.5 Å². The number of nitrogens with zero attached hydrogens (tertiary/aromatic N) is 4. The van der Waals surface area contributed by atoms with Crippen molar-refractivity contribution in [2.45, 2.75) is 61.9 Å². The number of aromatic amines is 1. The zero-order chi connectivity index (χ0) is 32.0. The monoisotopic (exact) mass is 707 g/mol. The van der Waals surface area contributed by atoms with Crippen LogP contribution in [0.3, 0.4) is 0 Å². The molecule has 6 N–H and O–H groups in total. The third-order valence-electron chi connectivity index (χ3n) is 7.67. The summed E-state index contributed by atoms with van der Waals surface area (Å²) in [6.45, 7) is -4.67. The fourth-order valence-electron chi connectivity index (χ4n) is 5.67. The van der Waals surface area contributed by atoms with Gasteiger partial charge in [0.2, 0.25) is 0 Å². The summed E-state index contributed by atoms with van der Waals surface area (Å²) in [6.07, 6.45) is -4.72. The molecule has 0 bridgehead atoms. The highest BCUT2D eigenvalue weighted by Gasteiger charge is 2.52. The van der Waals surface area contributed by atoms with Gasteiger partial charge in [0.15, 0.2) is 18.6 Å². The smallest absolute Gasteiger partial charge is 0.394 e. The molecule has 6 rings (SSSR count). The summed E-state index contributed by atoms with van der Waals surface area (Å²) in [6, 6.07) is 1.04. The second-order valence-corrected chi connectivity index (χ2v) is 14.9. The molecule has 3 unspecified atom stereocenters. The molecule has 2 saturated heterocycles. The van der Waals surface area contributed by atoms with E-state index in [9.17, 15) is 34.4 Å². The third kappa shape index (κ3) is 6.53. The van der Waals surface area contributed by atoms with E-state index in [4.69, 9.17) is 34.9 Å². The predicted octanol–water partition coefficient (Wildman–Crippen LogP) is -0.561. The van der Waals surface area contributed by atoms with E-state index in [2.05, 4.69) is 27.5 Å². The van der Waals surface area contributed by atoms with E-state index in [0.717, 1.165) is 47.2 Å². The minimum Gasteiger partial charge on any atom is -0.394 e. The van der Waals surface area contributed by atoms with E-state index < -0.39 is 87.5 Å². The molecule has 3 aliphatic heterocycles. The molecule has 0 amide bonds. The van der Waals surface area contributed by atoms with Crippen LogP contribution in [0.5, 0.6) is 0 Å². The molecule has 3 aliphatic rings. The maximum Gasteiger partial charge on any atom is 0.582 e. The van der Waals surface area contributed by atoms with Gasteiger partial charge in [0.1, 0.15) is 60.6 Å². The molecular weight excluding hydrogens is 678 g/mol. The lowest BCUT2D eigenvalue weighted by Crippen LogP contribution is -2.38. The molecule has 3 aromatic heterocycles. The Balaban J connectivity index is 1.17. The molecule has 45 heavy (non-hydrogen) atoms. The van der Waals surface area contributed by atoms with Gasteiger partial charge in [-0.15, -0.1) is 4.52 Å². The van der Waals surface area contributed by atoms with Crippen LogP contribution >= 0.6 is 26.2 Å². The van der Waals surface area contributed by atoms with Crippen molar-refractivity contribution in [3.05, 3.63) is 51.2 Å². The number of nitrogens with one attached hydrogen (secondary N) is 2. The van der Waals surface area contributed by atoms with Gasteiger partial charge in [-0.25, -0.2) is 14.8 Å². The van der Waals surface area contributed by atoms with Crippen LogP contribution in [-0.4, -0.2) is 101 Å². The van der Waals surface area contributed by atoms with Gasteiger partial charge >= 0.3 is 19.6 Å². The van der Waals surface area contributed by atoms with Crippen molar-refractivity contribution >= 4 is 54.9 Å². The van der Waals surface area contributed by atoms with E-state index in [1.54, 1.807) is 10.8 Å². The summed E-state index contributed by atoms with van der Waals surface area (Å²) in [5.41, 5.74) is -0.127. The Kier molecular flexibility index (Phi) is 9.58. The van der Waals surface area contributed by atoms with E-state index in [1.807, 2.05) is 4.98 Å². The third-order valence-corrected chi connectivity index (χ3v) is 9.94. The number of aryl methyl sites for hydroxylation is 1. The minimum absolute atomic E-state index is 0.494. The summed E-state index contributed by atoms with van der Waals surface area (Å²) in [4.78, 5) is 45.5. The van der Waals surface area contributed by atoms with Crippen LogP contribution in [-0.2, 0) is 45.8 Å². The number of thiol groups is 1. The standard InChI is InChI=1S/C23H28N6O12P2S2/c30-7-11-17(16(33)21(38-11)29-6-10-2-1-4-24-19-14(10)20(29)26-9-25-19)41-43(36,45)37-8-12-15(32)18(40-42(35)44)22(39-12)28-5-3-13(31)27-23(28)34/h3,5-6,9,11-12,15-18,21-22,30,32-33H,1-2,4,7-8H2,(H3-,24,25,26,27,31,34,35,36,44,45)/p+1/t11-,12?,15-,16-,17-,18-,21-,22-,43?/m1/s1. The summed E-state index contributed by atoms with van der Waals surface area (Å²) < 4.78 is 42.2. The Labute approximate surface area is 264 Å². The van der Waals surface area contributed by atoms with Crippen LogP contribution < -0.4 is 16.6 Å². The molecule has 2 fully saturated rings. The topological polar surface area (TPSA) is 242 Å². The maximum absolute atomic E-state index is 12.4. The fraction of sp³-hybridized carbons (Fsp3) is 0.565. The zero-order valence-corrected chi connectivity index (χ0v) is 26.6. The zero-order valence-electron chi connectivity index (χ0n) is 23.1. The minimum atomic E-state index is -4.22. The highest BCUT2D eigenvalue weighted by atomic mass is 32.7. The van der Waals surface area contributed by atoms with Gasteiger partial charge in [-0.3, -0.25) is 18.9 Å². The largest absolute Gasteiger partial charge is 0.582 e. The van der Waals surface area contributed by atoms with Crippen LogP contribution in [0.2, 0.25) is 0 Å². The van der Waals surface area contributed by atoms with Crippen molar-refractivity contribution < 1.29 is 47.8 Å². The SMILES string of the molecule is O=c1ccn([C@@H]2OC(COP(O)(=S)O[C@H]3[C@@H](O)[C@H](n4cc5c6c(ncnc64)NCCC5)O[C@@H]3CO)[C@@H](O)[C@H]2O[P+](=O)S)c(=O)[nH]1. The van der Waals surface area contributed by atoms with Crippen LogP contribution in [0.1, 0.15) is 24.4 Å². The second kappa shape index (κ2) is 13.2. The first-order valence-corrected chi connectivity index (χ1v) is 18.6. The molecule has 22 heteroatoms. The van der Waals surface area contributed by atoms with Crippen LogP contribution in [0.15, 0.2) is 34.4 Å². The van der Waals surface area contributed by atoms with E-state index >= 15 is 0 Å². The van der Waals surface area contributed by atoms with Gasteiger partial charge in [-0.1, -0.05) is 0 Å². The molecule has 18 nitrogen and oxygen atoms in total. The van der Waals surface area contributed by atoms with Crippen molar-refractivity contribution in [3.8, 4) is 0 Å². The maximum atomic E-state index is 12.4. The molecule has 0 aromatic carbocycles. The summed E-state index contributed by atoms with van der Waals surface area (Å²) in [5, 5.41) is 36.2. The molecule has 244 valence electrons. The molecule has 0 aliphatic carbocycles. The lowest BCUT2D eigenvalue weighted by molar-refractivity contribution is -0.0554. The van der Waals surface area contributed by atoms with Gasteiger partial charge in [-0.2, -0.15) is 0 Å². The number of aliphatic hydroxyl groups excluding tert-OH is 3. The number of hydrogen-bond acceptors (Lipinski definition) is 15. The highest BCUT2D eigenvalue weighted by Crippen LogP contribution is 2.50. The van der Waals surface area contributed by atoms with Gasteiger partial charge < -0.3 is 44.1 Å². The Morgan fingerprint density at radius 3 is 2.67 bits per heavy atom. The van der Waals surface area contributed by atoms with Crippen molar-refractivity contribution in [2.75, 3.05) is 25.1 Å². The lowest BCUT2D eigenvalue weighted by Gasteiger charge is -2.26. The Hall–Kier alpha value is -2.16. The first-order chi connectivity index (χ1) is 21.5. The second-order valence-electron chi connectivity index (χ2n) is 10.5.